The van der Waals surface area contributed by atoms with Crippen LogP contribution in [-0.2, 0) is 0 Å². The Morgan fingerprint density at radius 3 is 2.71 bits per heavy atom. The van der Waals surface area contributed by atoms with Gasteiger partial charge in [0.2, 0.25) is 5.95 Å². The molecule has 0 bridgehead atoms. The Balaban J connectivity index is 1.73. The number of ether oxygens (including phenoxy) is 2. The maximum atomic E-state index is 12.9. The van der Waals surface area contributed by atoms with E-state index >= 15 is 0 Å². The normalized spacial score (nSPS) is 18.5. The van der Waals surface area contributed by atoms with E-state index < -0.39 is 6.61 Å². The van der Waals surface area contributed by atoms with E-state index in [1.807, 2.05) is 24.3 Å². The van der Waals surface area contributed by atoms with Crippen molar-refractivity contribution in [1.82, 2.24) is 20.2 Å². The molecule has 2 heterocycles. The molecular formula is C18H16BrF2N5O2. The molecule has 0 spiro atoms. The van der Waals surface area contributed by atoms with Gasteiger partial charge in [-0.05, 0) is 52.7 Å². The number of aromatic nitrogens is 4. The lowest BCUT2D eigenvalue weighted by atomic mass is 9.93. The molecule has 10 heteroatoms. The lowest BCUT2D eigenvalue weighted by Crippen LogP contribution is -2.28. The van der Waals surface area contributed by atoms with Gasteiger partial charge in [0.1, 0.15) is 11.5 Å². The SMILES string of the molecule is COc1ccc(C2CC(c3cc(Br)ccc3OC(F)F)n3nnnc3N2)cc1. The molecule has 7 nitrogen and oxygen atoms in total. The van der Waals surface area contributed by atoms with Crippen LogP contribution in [0, 0.1) is 0 Å². The first-order valence-electron chi connectivity index (χ1n) is 8.47. The van der Waals surface area contributed by atoms with Crippen LogP contribution in [0.4, 0.5) is 14.7 Å². The van der Waals surface area contributed by atoms with Gasteiger partial charge in [0.15, 0.2) is 0 Å². The highest BCUT2D eigenvalue weighted by molar-refractivity contribution is 9.10. The van der Waals surface area contributed by atoms with Gasteiger partial charge in [-0.15, -0.1) is 0 Å². The second kappa shape index (κ2) is 7.70. The molecule has 1 aromatic heterocycles. The summed E-state index contributed by atoms with van der Waals surface area (Å²) >= 11 is 3.40. The molecule has 1 aliphatic heterocycles. The summed E-state index contributed by atoms with van der Waals surface area (Å²) < 4.78 is 38.1. The fourth-order valence-electron chi connectivity index (χ4n) is 3.33. The van der Waals surface area contributed by atoms with Crippen LogP contribution in [0.25, 0.3) is 0 Å². The van der Waals surface area contributed by atoms with Crippen molar-refractivity contribution in [2.24, 2.45) is 0 Å². The predicted molar refractivity (Wildman–Crippen MR) is 101 cm³/mol. The van der Waals surface area contributed by atoms with Crippen molar-refractivity contribution in [2.75, 3.05) is 12.4 Å². The molecule has 28 heavy (non-hydrogen) atoms. The van der Waals surface area contributed by atoms with Crippen molar-refractivity contribution in [2.45, 2.75) is 25.1 Å². The Bertz CT molecular complexity index is 967. The molecule has 3 aromatic rings. The number of alkyl halides is 2. The highest BCUT2D eigenvalue weighted by Crippen LogP contribution is 2.41. The van der Waals surface area contributed by atoms with Crippen molar-refractivity contribution in [3.63, 3.8) is 0 Å². The number of tetrazole rings is 1. The maximum Gasteiger partial charge on any atom is 0.387 e. The molecule has 0 saturated heterocycles. The lowest BCUT2D eigenvalue weighted by molar-refractivity contribution is -0.0508. The number of halogens is 3. The second-order valence-corrected chi connectivity index (χ2v) is 7.14. The lowest BCUT2D eigenvalue weighted by Gasteiger charge is -2.32. The van der Waals surface area contributed by atoms with Crippen LogP contribution in [-0.4, -0.2) is 33.9 Å². The molecule has 0 aliphatic carbocycles. The highest BCUT2D eigenvalue weighted by atomic mass is 79.9. The molecule has 0 amide bonds. The van der Waals surface area contributed by atoms with Crippen LogP contribution >= 0.6 is 15.9 Å². The minimum atomic E-state index is -2.92. The van der Waals surface area contributed by atoms with Gasteiger partial charge >= 0.3 is 6.61 Å². The van der Waals surface area contributed by atoms with Crippen molar-refractivity contribution in [3.8, 4) is 11.5 Å². The van der Waals surface area contributed by atoms with Gasteiger partial charge in [-0.2, -0.15) is 8.78 Å². The summed E-state index contributed by atoms with van der Waals surface area (Å²) in [7, 11) is 1.61. The fourth-order valence-corrected chi connectivity index (χ4v) is 3.71. The molecule has 0 saturated carbocycles. The summed E-state index contributed by atoms with van der Waals surface area (Å²) in [5, 5.41) is 15.1. The average Bonchev–Trinajstić information content (AvgIpc) is 3.17. The van der Waals surface area contributed by atoms with E-state index in [9.17, 15) is 8.78 Å². The monoisotopic (exact) mass is 451 g/mol. The van der Waals surface area contributed by atoms with Gasteiger partial charge in [-0.1, -0.05) is 33.2 Å². The largest absolute Gasteiger partial charge is 0.497 e. The Morgan fingerprint density at radius 2 is 2.00 bits per heavy atom. The first-order chi connectivity index (χ1) is 13.5. The number of hydrogen-bond acceptors (Lipinski definition) is 6. The van der Waals surface area contributed by atoms with Gasteiger partial charge in [-0.25, -0.2) is 4.68 Å². The van der Waals surface area contributed by atoms with E-state index in [4.69, 9.17) is 9.47 Å². The van der Waals surface area contributed by atoms with Gasteiger partial charge in [0.05, 0.1) is 19.2 Å². The molecule has 1 aliphatic rings. The van der Waals surface area contributed by atoms with Gasteiger partial charge in [0, 0.05) is 10.0 Å². The minimum absolute atomic E-state index is 0.0973. The second-order valence-electron chi connectivity index (χ2n) is 6.23. The zero-order chi connectivity index (χ0) is 19.7. The summed E-state index contributed by atoms with van der Waals surface area (Å²) in [5.41, 5.74) is 1.58. The standard InChI is InChI=1S/C18H16BrF2N5O2/c1-27-12-5-2-10(3-6-12)14-9-15(26-18(22-14)23-24-25-26)13-8-11(19)4-7-16(13)28-17(20)21/h2-8,14-15,17H,9H2,1H3,(H,22,23,25). The molecule has 2 unspecified atom stereocenters. The van der Waals surface area contributed by atoms with Crippen molar-refractivity contribution in [3.05, 3.63) is 58.1 Å². The Hall–Kier alpha value is -2.75. The maximum absolute atomic E-state index is 12.9. The number of anilines is 1. The number of nitrogens with zero attached hydrogens (tertiary/aromatic N) is 4. The van der Waals surface area contributed by atoms with Gasteiger partial charge in [0.25, 0.3) is 0 Å². The average molecular weight is 452 g/mol. The number of nitrogens with one attached hydrogen (secondary N) is 1. The Morgan fingerprint density at radius 1 is 1.21 bits per heavy atom. The number of methoxy groups -OCH3 is 1. The van der Waals surface area contributed by atoms with E-state index in [0.717, 1.165) is 15.8 Å². The van der Waals surface area contributed by atoms with Gasteiger partial charge < -0.3 is 14.8 Å². The predicted octanol–water partition coefficient (Wildman–Crippen LogP) is 4.19. The van der Waals surface area contributed by atoms with Crippen LogP contribution in [0.15, 0.2) is 46.9 Å². The topological polar surface area (TPSA) is 74.1 Å². The first-order valence-corrected chi connectivity index (χ1v) is 9.27. The third-order valence-electron chi connectivity index (χ3n) is 4.62. The molecule has 146 valence electrons. The van der Waals surface area contributed by atoms with Crippen molar-refractivity contribution >= 4 is 21.9 Å². The van der Waals surface area contributed by atoms with E-state index in [1.165, 1.54) is 6.07 Å². The highest BCUT2D eigenvalue weighted by Gasteiger charge is 2.33. The number of hydrogen-bond donors (Lipinski definition) is 1. The van der Waals surface area contributed by atoms with Crippen molar-refractivity contribution < 1.29 is 18.3 Å². The Labute approximate surface area is 167 Å². The summed E-state index contributed by atoms with van der Waals surface area (Å²) in [6.07, 6.45) is 0.542. The quantitative estimate of drug-likeness (QED) is 0.626. The van der Waals surface area contributed by atoms with Crippen molar-refractivity contribution in [1.29, 1.82) is 0 Å². The van der Waals surface area contributed by atoms with Crippen LogP contribution in [0.5, 0.6) is 11.5 Å². The van der Waals surface area contributed by atoms with E-state index in [2.05, 4.69) is 36.8 Å². The smallest absolute Gasteiger partial charge is 0.387 e. The molecule has 0 fully saturated rings. The third-order valence-corrected chi connectivity index (χ3v) is 5.11. The summed E-state index contributed by atoms with van der Waals surface area (Å²) in [6, 6.07) is 12.1. The summed E-state index contributed by atoms with van der Waals surface area (Å²) in [6.45, 7) is -2.92. The van der Waals surface area contributed by atoms with Crippen LogP contribution < -0.4 is 14.8 Å². The molecule has 2 atom stereocenters. The van der Waals surface area contributed by atoms with E-state index in [1.54, 1.807) is 23.9 Å². The van der Waals surface area contributed by atoms with Crippen LogP contribution in [0.2, 0.25) is 0 Å². The minimum Gasteiger partial charge on any atom is -0.497 e. The first kappa shape index (κ1) is 18.6. The summed E-state index contributed by atoms with van der Waals surface area (Å²) in [4.78, 5) is 0. The molecule has 2 aromatic carbocycles. The number of fused-ring (bicyclic) bond motifs is 1. The summed E-state index contributed by atoms with van der Waals surface area (Å²) in [5.74, 6) is 1.31. The van der Waals surface area contributed by atoms with Gasteiger partial charge in [-0.3, -0.25) is 0 Å². The Kier molecular flexibility index (Phi) is 5.12. The van der Waals surface area contributed by atoms with E-state index in [-0.39, 0.29) is 17.8 Å². The number of benzene rings is 2. The zero-order valence-corrected chi connectivity index (χ0v) is 16.3. The molecule has 0 radical (unpaired) electrons. The molecule has 4 rings (SSSR count). The third kappa shape index (κ3) is 3.64. The van der Waals surface area contributed by atoms with E-state index in [0.29, 0.717) is 17.9 Å². The fraction of sp³-hybridized carbons (Fsp3) is 0.278. The van der Waals surface area contributed by atoms with Crippen LogP contribution in [0.1, 0.15) is 29.6 Å². The van der Waals surface area contributed by atoms with Crippen LogP contribution in [0.3, 0.4) is 0 Å². The number of rotatable bonds is 5. The zero-order valence-electron chi connectivity index (χ0n) is 14.7. The molecular weight excluding hydrogens is 436 g/mol. The molecule has 1 N–H and O–H groups in total.